The third-order valence-electron chi connectivity index (χ3n) is 4.28. The Bertz CT molecular complexity index is 1050. The number of nitrogens with zero attached hydrogens (tertiary/aromatic N) is 3. The Labute approximate surface area is 167 Å². The first-order valence-electron chi connectivity index (χ1n) is 8.80. The summed E-state index contributed by atoms with van der Waals surface area (Å²) in [5.41, 5.74) is 2.95. The van der Waals surface area contributed by atoms with Crippen LogP contribution in [-0.4, -0.2) is 20.7 Å². The Morgan fingerprint density at radius 2 is 1.93 bits per heavy atom. The second kappa shape index (κ2) is 7.70. The largest absolute Gasteiger partial charge is 0.329 e. The SMILES string of the molecule is CC1=C[C@H](c2ccccc2)n2nc(NC(=O)/C=C/c3ccc(Cl)cc3)nc2N1. The van der Waals surface area contributed by atoms with Gasteiger partial charge in [0, 0.05) is 16.8 Å². The number of halogens is 1. The monoisotopic (exact) mass is 391 g/mol. The zero-order valence-electron chi connectivity index (χ0n) is 15.1. The van der Waals surface area contributed by atoms with Crippen LogP contribution in [0.15, 0.2) is 72.4 Å². The number of fused-ring (bicyclic) bond motifs is 1. The number of aromatic nitrogens is 3. The number of anilines is 2. The maximum atomic E-state index is 12.2. The van der Waals surface area contributed by atoms with Crippen molar-refractivity contribution in [3.05, 3.63) is 88.6 Å². The average Bonchev–Trinajstić information content (AvgIpc) is 3.09. The van der Waals surface area contributed by atoms with Crippen LogP contribution in [0.1, 0.15) is 24.1 Å². The Hall–Kier alpha value is -3.38. The van der Waals surface area contributed by atoms with Gasteiger partial charge in [0.15, 0.2) is 0 Å². The Morgan fingerprint density at radius 3 is 2.68 bits per heavy atom. The smallest absolute Gasteiger partial charge is 0.250 e. The Balaban J connectivity index is 1.52. The first-order valence-corrected chi connectivity index (χ1v) is 9.18. The molecule has 1 aromatic heterocycles. The number of hydrogen-bond donors (Lipinski definition) is 2. The molecule has 0 unspecified atom stereocenters. The summed E-state index contributed by atoms with van der Waals surface area (Å²) in [7, 11) is 0. The molecule has 0 bridgehead atoms. The van der Waals surface area contributed by atoms with Crippen molar-refractivity contribution in [2.45, 2.75) is 13.0 Å². The molecule has 28 heavy (non-hydrogen) atoms. The van der Waals surface area contributed by atoms with E-state index in [2.05, 4.69) is 26.8 Å². The molecule has 3 aromatic rings. The van der Waals surface area contributed by atoms with Crippen LogP contribution in [0.25, 0.3) is 6.08 Å². The number of hydrogen-bond acceptors (Lipinski definition) is 4. The van der Waals surface area contributed by atoms with Gasteiger partial charge in [-0.1, -0.05) is 54.1 Å². The number of nitrogens with one attached hydrogen (secondary N) is 2. The predicted molar refractivity (Wildman–Crippen MR) is 111 cm³/mol. The van der Waals surface area contributed by atoms with Crippen molar-refractivity contribution in [1.82, 2.24) is 14.8 Å². The summed E-state index contributed by atoms with van der Waals surface area (Å²) in [5, 5.41) is 11.0. The van der Waals surface area contributed by atoms with Gasteiger partial charge in [0.05, 0.1) is 0 Å². The lowest BCUT2D eigenvalue weighted by Crippen LogP contribution is -2.19. The van der Waals surface area contributed by atoms with Gasteiger partial charge >= 0.3 is 0 Å². The van der Waals surface area contributed by atoms with Gasteiger partial charge in [0.2, 0.25) is 5.95 Å². The van der Waals surface area contributed by atoms with Gasteiger partial charge in [0.1, 0.15) is 6.04 Å². The second-order valence-corrected chi connectivity index (χ2v) is 6.84. The van der Waals surface area contributed by atoms with Gasteiger partial charge in [-0.2, -0.15) is 4.98 Å². The van der Waals surface area contributed by atoms with E-state index < -0.39 is 0 Å². The number of benzene rings is 2. The lowest BCUT2D eigenvalue weighted by Gasteiger charge is -2.22. The molecular formula is C21H18ClN5O. The molecule has 140 valence electrons. The summed E-state index contributed by atoms with van der Waals surface area (Å²) in [6, 6.07) is 17.2. The summed E-state index contributed by atoms with van der Waals surface area (Å²) in [5.74, 6) is 0.530. The molecule has 6 nitrogen and oxygen atoms in total. The first-order chi connectivity index (χ1) is 13.6. The molecular weight excluding hydrogens is 374 g/mol. The molecule has 0 fully saturated rings. The van der Waals surface area contributed by atoms with Gasteiger partial charge in [0.25, 0.3) is 11.9 Å². The minimum atomic E-state index is -0.307. The minimum Gasteiger partial charge on any atom is -0.329 e. The van der Waals surface area contributed by atoms with E-state index in [1.165, 1.54) is 6.08 Å². The molecule has 0 saturated heterocycles. The average molecular weight is 392 g/mol. The van der Waals surface area contributed by atoms with Gasteiger partial charge in [-0.3, -0.25) is 10.1 Å². The van der Waals surface area contributed by atoms with Crippen LogP contribution >= 0.6 is 11.6 Å². The van der Waals surface area contributed by atoms with Crippen molar-refractivity contribution in [2.24, 2.45) is 0 Å². The molecule has 0 spiro atoms. The molecule has 1 aliphatic heterocycles. The van der Waals surface area contributed by atoms with Crippen molar-refractivity contribution >= 4 is 35.5 Å². The quantitative estimate of drug-likeness (QED) is 0.642. The number of carbonyl (C=O) groups excluding carboxylic acids is 1. The summed E-state index contributed by atoms with van der Waals surface area (Å²) < 4.78 is 1.76. The van der Waals surface area contributed by atoms with E-state index in [4.69, 9.17) is 11.6 Å². The van der Waals surface area contributed by atoms with Crippen LogP contribution in [-0.2, 0) is 4.79 Å². The highest BCUT2D eigenvalue weighted by Gasteiger charge is 2.23. The van der Waals surface area contributed by atoms with Crippen LogP contribution in [0.2, 0.25) is 5.02 Å². The molecule has 0 radical (unpaired) electrons. The van der Waals surface area contributed by atoms with Crippen molar-refractivity contribution < 1.29 is 4.79 Å². The fourth-order valence-electron chi connectivity index (χ4n) is 2.97. The van der Waals surface area contributed by atoms with E-state index in [1.54, 1.807) is 22.9 Å². The van der Waals surface area contributed by atoms with Gasteiger partial charge in [-0.05, 0) is 42.3 Å². The maximum absolute atomic E-state index is 12.2. The van der Waals surface area contributed by atoms with Crippen LogP contribution in [0, 0.1) is 0 Å². The number of amides is 1. The molecule has 1 atom stereocenters. The normalized spacial score (nSPS) is 15.6. The van der Waals surface area contributed by atoms with Crippen molar-refractivity contribution in [1.29, 1.82) is 0 Å². The van der Waals surface area contributed by atoms with Crippen LogP contribution < -0.4 is 10.6 Å². The van der Waals surface area contributed by atoms with Crippen LogP contribution in [0.5, 0.6) is 0 Å². The Kier molecular flexibility index (Phi) is 4.95. The molecule has 2 N–H and O–H groups in total. The summed E-state index contributed by atoms with van der Waals surface area (Å²) in [6.07, 6.45) is 5.22. The lowest BCUT2D eigenvalue weighted by molar-refractivity contribution is -0.111. The second-order valence-electron chi connectivity index (χ2n) is 6.41. The van der Waals surface area contributed by atoms with Gasteiger partial charge < -0.3 is 5.32 Å². The summed E-state index contributed by atoms with van der Waals surface area (Å²) >= 11 is 5.87. The van der Waals surface area contributed by atoms with E-state index in [0.717, 1.165) is 16.8 Å². The summed E-state index contributed by atoms with van der Waals surface area (Å²) in [6.45, 7) is 1.97. The fraction of sp³-hybridized carbons (Fsp3) is 0.0952. The third-order valence-corrected chi connectivity index (χ3v) is 4.54. The molecule has 7 heteroatoms. The standard InChI is InChI=1S/C21H18ClN5O/c1-14-13-18(16-5-3-2-4-6-16)27-21(23-14)25-20(26-27)24-19(28)12-9-15-7-10-17(22)11-8-15/h2-13,18H,1H3,(H2,23,24,25,26,28)/b12-9+/t18-/m1/s1. The van der Waals surface area contributed by atoms with E-state index >= 15 is 0 Å². The van der Waals surface area contributed by atoms with Crippen LogP contribution in [0.3, 0.4) is 0 Å². The number of rotatable bonds is 4. The van der Waals surface area contributed by atoms with E-state index in [1.807, 2.05) is 49.4 Å². The van der Waals surface area contributed by atoms with Crippen molar-refractivity contribution in [3.63, 3.8) is 0 Å². The first kappa shape index (κ1) is 18.0. The fourth-order valence-corrected chi connectivity index (χ4v) is 3.09. The van der Waals surface area contributed by atoms with E-state index in [0.29, 0.717) is 11.0 Å². The van der Waals surface area contributed by atoms with Gasteiger partial charge in [-0.15, -0.1) is 5.10 Å². The highest BCUT2D eigenvalue weighted by atomic mass is 35.5. The molecule has 4 rings (SSSR count). The molecule has 1 aliphatic rings. The number of allylic oxidation sites excluding steroid dienone is 2. The predicted octanol–water partition coefficient (Wildman–Crippen LogP) is 4.50. The topological polar surface area (TPSA) is 71.8 Å². The molecule has 2 aromatic carbocycles. The maximum Gasteiger partial charge on any atom is 0.250 e. The van der Waals surface area contributed by atoms with Crippen LogP contribution in [0.4, 0.5) is 11.9 Å². The van der Waals surface area contributed by atoms with E-state index in [9.17, 15) is 4.79 Å². The van der Waals surface area contributed by atoms with E-state index in [-0.39, 0.29) is 17.9 Å². The van der Waals surface area contributed by atoms with Crippen molar-refractivity contribution in [2.75, 3.05) is 10.6 Å². The molecule has 0 saturated carbocycles. The zero-order valence-corrected chi connectivity index (χ0v) is 15.9. The zero-order chi connectivity index (χ0) is 19.5. The Morgan fingerprint density at radius 1 is 1.18 bits per heavy atom. The highest BCUT2D eigenvalue weighted by molar-refractivity contribution is 6.30. The lowest BCUT2D eigenvalue weighted by atomic mass is 10.1. The van der Waals surface area contributed by atoms with Gasteiger partial charge in [-0.25, -0.2) is 4.68 Å². The molecule has 2 heterocycles. The molecule has 0 aliphatic carbocycles. The molecule has 1 amide bonds. The number of carbonyl (C=O) groups is 1. The highest BCUT2D eigenvalue weighted by Crippen LogP contribution is 2.29. The third kappa shape index (κ3) is 3.97. The minimum absolute atomic E-state index is 0.0831. The summed E-state index contributed by atoms with van der Waals surface area (Å²) in [4.78, 5) is 16.6. The van der Waals surface area contributed by atoms with Crippen molar-refractivity contribution in [3.8, 4) is 0 Å².